The zero-order valence-corrected chi connectivity index (χ0v) is 12.0. The van der Waals surface area contributed by atoms with Gasteiger partial charge < -0.3 is 10.6 Å². The summed E-state index contributed by atoms with van der Waals surface area (Å²) in [4.78, 5) is 11.7. The Labute approximate surface area is 116 Å². The summed E-state index contributed by atoms with van der Waals surface area (Å²) in [6.07, 6.45) is 1.76. The van der Waals surface area contributed by atoms with E-state index < -0.39 is 10.0 Å². The zero-order valence-electron chi connectivity index (χ0n) is 10.4. The fraction of sp³-hybridized carbons (Fsp3) is 0.545. The summed E-state index contributed by atoms with van der Waals surface area (Å²) in [7, 11) is -3.56. The minimum absolute atomic E-state index is 0.139. The molecule has 1 aliphatic heterocycles. The second-order valence-corrected chi connectivity index (χ2v) is 7.29. The van der Waals surface area contributed by atoms with Crippen molar-refractivity contribution in [3.63, 3.8) is 0 Å². The third-order valence-corrected chi connectivity index (χ3v) is 5.69. The average Bonchev–Trinajstić information content (AvgIpc) is 2.92. The fourth-order valence-electron chi connectivity index (χ4n) is 1.89. The van der Waals surface area contributed by atoms with Gasteiger partial charge in [-0.05, 0) is 37.4 Å². The predicted octanol–water partition coefficient (Wildman–Crippen LogP) is -0.105. The number of thiophene rings is 1. The lowest BCUT2D eigenvalue weighted by Crippen LogP contribution is -2.46. The van der Waals surface area contributed by atoms with E-state index >= 15 is 0 Å². The van der Waals surface area contributed by atoms with Gasteiger partial charge in [0.25, 0.3) is 10.0 Å². The lowest BCUT2D eigenvalue weighted by molar-refractivity contribution is -0.120. The quantitative estimate of drug-likeness (QED) is 0.708. The van der Waals surface area contributed by atoms with Crippen molar-refractivity contribution >= 4 is 27.3 Å². The van der Waals surface area contributed by atoms with Crippen LogP contribution >= 0.6 is 11.3 Å². The van der Waals surface area contributed by atoms with Crippen LogP contribution in [-0.2, 0) is 14.8 Å². The van der Waals surface area contributed by atoms with Crippen LogP contribution in [0.2, 0.25) is 0 Å². The number of carbonyl (C=O) groups excluding carboxylic acids is 1. The lowest BCUT2D eigenvalue weighted by atomic mass is 10.1. The Kier molecular flexibility index (Phi) is 4.92. The third-order valence-electron chi connectivity index (χ3n) is 2.89. The van der Waals surface area contributed by atoms with Gasteiger partial charge in [0.1, 0.15) is 4.21 Å². The maximum atomic E-state index is 11.8. The maximum Gasteiger partial charge on any atom is 0.250 e. The molecule has 106 valence electrons. The smallest absolute Gasteiger partial charge is 0.250 e. The number of carbonyl (C=O) groups is 1. The number of rotatable bonds is 5. The molecule has 1 aliphatic rings. The first-order chi connectivity index (χ1) is 9.08. The Morgan fingerprint density at radius 3 is 2.79 bits per heavy atom. The Morgan fingerprint density at radius 1 is 1.42 bits per heavy atom. The summed E-state index contributed by atoms with van der Waals surface area (Å²) in [6, 6.07) is 3.31. The topological polar surface area (TPSA) is 87.3 Å². The average molecular weight is 303 g/mol. The number of piperidine rings is 1. The van der Waals surface area contributed by atoms with E-state index in [1.165, 1.54) is 6.07 Å². The molecule has 0 unspecified atom stereocenters. The highest BCUT2D eigenvalue weighted by Gasteiger charge is 2.19. The molecule has 0 saturated carbocycles. The van der Waals surface area contributed by atoms with Crippen molar-refractivity contribution in [2.45, 2.75) is 23.1 Å². The molecule has 0 spiro atoms. The van der Waals surface area contributed by atoms with E-state index in [9.17, 15) is 13.2 Å². The second kappa shape index (κ2) is 6.47. The Hall–Kier alpha value is -0.960. The molecule has 1 amide bonds. The van der Waals surface area contributed by atoms with Crippen molar-refractivity contribution in [2.24, 2.45) is 0 Å². The molecule has 19 heavy (non-hydrogen) atoms. The molecule has 1 aromatic rings. The molecule has 0 bridgehead atoms. The molecule has 1 saturated heterocycles. The van der Waals surface area contributed by atoms with Crippen LogP contribution in [0, 0.1) is 0 Å². The normalized spacial score (nSPS) is 17.3. The van der Waals surface area contributed by atoms with Gasteiger partial charge in [0.15, 0.2) is 0 Å². The van der Waals surface area contributed by atoms with Crippen LogP contribution in [0.1, 0.15) is 12.8 Å². The number of nitrogens with one attached hydrogen (secondary N) is 3. The van der Waals surface area contributed by atoms with Gasteiger partial charge in [0, 0.05) is 6.04 Å². The molecule has 1 fully saturated rings. The maximum absolute atomic E-state index is 11.8. The van der Waals surface area contributed by atoms with E-state index in [0.29, 0.717) is 0 Å². The largest absolute Gasteiger partial charge is 0.352 e. The molecule has 2 rings (SSSR count). The van der Waals surface area contributed by atoms with Crippen LogP contribution < -0.4 is 15.4 Å². The van der Waals surface area contributed by atoms with Gasteiger partial charge in [0.05, 0.1) is 6.54 Å². The highest BCUT2D eigenvalue weighted by molar-refractivity contribution is 7.91. The second-order valence-electron chi connectivity index (χ2n) is 4.35. The summed E-state index contributed by atoms with van der Waals surface area (Å²) < 4.78 is 26.1. The summed E-state index contributed by atoms with van der Waals surface area (Å²) in [6.45, 7) is 1.54. The minimum Gasteiger partial charge on any atom is -0.352 e. The number of sulfonamides is 1. The van der Waals surface area contributed by atoms with E-state index in [1.54, 1.807) is 11.4 Å². The molecular weight excluding hydrogens is 286 g/mol. The number of hydrogen-bond donors (Lipinski definition) is 3. The van der Waals surface area contributed by atoms with Gasteiger partial charge in [0.2, 0.25) is 5.91 Å². The van der Waals surface area contributed by atoms with Crippen molar-refractivity contribution in [1.82, 2.24) is 15.4 Å². The fourth-order valence-corrected chi connectivity index (χ4v) is 3.91. The minimum atomic E-state index is -3.56. The van der Waals surface area contributed by atoms with Gasteiger partial charge in [-0.3, -0.25) is 4.79 Å². The standard InChI is InChI=1S/C11H17N3O3S2/c15-10(14-9-3-5-12-6-4-9)8-13-19(16,17)11-2-1-7-18-11/h1-2,7,9,12-13H,3-6,8H2,(H,14,15). The Morgan fingerprint density at radius 2 is 2.16 bits per heavy atom. The molecule has 0 aromatic carbocycles. The molecule has 0 atom stereocenters. The van der Waals surface area contributed by atoms with Crippen molar-refractivity contribution in [1.29, 1.82) is 0 Å². The highest BCUT2D eigenvalue weighted by Crippen LogP contribution is 2.14. The molecule has 1 aromatic heterocycles. The van der Waals surface area contributed by atoms with Gasteiger partial charge in [-0.25, -0.2) is 13.1 Å². The van der Waals surface area contributed by atoms with Crippen molar-refractivity contribution < 1.29 is 13.2 Å². The molecule has 2 heterocycles. The van der Waals surface area contributed by atoms with Crippen LogP contribution in [0.3, 0.4) is 0 Å². The predicted molar refractivity (Wildman–Crippen MR) is 73.5 cm³/mol. The number of amides is 1. The van der Waals surface area contributed by atoms with Crippen LogP contribution in [0.5, 0.6) is 0 Å². The van der Waals surface area contributed by atoms with E-state index in [1.807, 2.05) is 0 Å². The molecule has 6 nitrogen and oxygen atoms in total. The van der Waals surface area contributed by atoms with Crippen LogP contribution in [0.25, 0.3) is 0 Å². The molecule has 0 aliphatic carbocycles. The SMILES string of the molecule is O=C(CNS(=O)(=O)c1cccs1)NC1CCNCC1. The van der Waals surface area contributed by atoms with Crippen molar-refractivity contribution in [3.8, 4) is 0 Å². The van der Waals surface area contributed by atoms with Crippen molar-refractivity contribution in [3.05, 3.63) is 17.5 Å². The molecule has 0 radical (unpaired) electrons. The first-order valence-corrected chi connectivity index (χ1v) is 8.47. The zero-order chi connectivity index (χ0) is 13.7. The highest BCUT2D eigenvalue weighted by atomic mass is 32.2. The summed E-state index contributed by atoms with van der Waals surface area (Å²) >= 11 is 1.13. The van der Waals surface area contributed by atoms with Gasteiger partial charge in [-0.2, -0.15) is 0 Å². The van der Waals surface area contributed by atoms with Crippen LogP contribution in [0.15, 0.2) is 21.7 Å². The first-order valence-electron chi connectivity index (χ1n) is 6.11. The Balaban J connectivity index is 1.80. The molecule has 8 heteroatoms. The summed E-state index contributed by atoms with van der Waals surface area (Å²) in [5.41, 5.74) is 0. The lowest BCUT2D eigenvalue weighted by Gasteiger charge is -2.23. The van der Waals surface area contributed by atoms with E-state index in [4.69, 9.17) is 0 Å². The van der Waals surface area contributed by atoms with Gasteiger partial charge >= 0.3 is 0 Å². The van der Waals surface area contributed by atoms with E-state index in [0.717, 1.165) is 37.3 Å². The van der Waals surface area contributed by atoms with E-state index in [-0.39, 0.29) is 22.7 Å². The monoisotopic (exact) mass is 303 g/mol. The van der Waals surface area contributed by atoms with Gasteiger partial charge in [-0.1, -0.05) is 6.07 Å². The molecule has 3 N–H and O–H groups in total. The third kappa shape index (κ3) is 4.27. The van der Waals surface area contributed by atoms with Crippen molar-refractivity contribution in [2.75, 3.05) is 19.6 Å². The van der Waals surface area contributed by atoms with Crippen LogP contribution in [-0.4, -0.2) is 40.0 Å². The molecular formula is C11H17N3O3S2. The first kappa shape index (κ1) is 14.4. The van der Waals surface area contributed by atoms with E-state index in [2.05, 4.69) is 15.4 Å². The Bertz CT molecular complexity index is 507. The number of hydrogen-bond acceptors (Lipinski definition) is 5. The van der Waals surface area contributed by atoms with Crippen LogP contribution in [0.4, 0.5) is 0 Å². The van der Waals surface area contributed by atoms with Gasteiger partial charge in [-0.15, -0.1) is 11.3 Å². The summed E-state index contributed by atoms with van der Waals surface area (Å²) in [5, 5.41) is 7.72. The summed E-state index contributed by atoms with van der Waals surface area (Å²) in [5.74, 6) is -0.285.